The monoisotopic (exact) mass is 183 g/mol. The fraction of sp³-hybridized carbons (Fsp3) is 1.00. The Labute approximate surface area is 81.0 Å². The van der Waals surface area contributed by atoms with Gasteiger partial charge in [0.2, 0.25) is 0 Å². The van der Waals surface area contributed by atoms with Crippen molar-refractivity contribution in [1.82, 2.24) is 5.32 Å². The Kier molecular flexibility index (Phi) is 2.37. The molecular formula is C11H21NO. The van der Waals surface area contributed by atoms with E-state index >= 15 is 0 Å². The molecule has 76 valence electrons. The van der Waals surface area contributed by atoms with E-state index in [0.29, 0.717) is 5.41 Å². The van der Waals surface area contributed by atoms with Crippen LogP contribution in [-0.2, 0) is 4.74 Å². The largest absolute Gasteiger partial charge is 0.375 e. The van der Waals surface area contributed by atoms with E-state index in [1.54, 1.807) is 0 Å². The van der Waals surface area contributed by atoms with Crippen molar-refractivity contribution in [2.24, 2.45) is 5.41 Å². The third-order valence-corrected chi connectivity index (χ3v) is 3.85. The van der Waals surface area contributed by atoms with Gasteiger partial charge >= 0.3 is 0 Å². The number of fused-ring (bicyclic) bond motifs is 3. The average Bonchev–Trinajstić information content (AvgIpc) is 2.18. The van der Waals surface area contributed by atoms with Crippen LogP contribution in [0.5, 0.6) is 0 Å². The minimum absolute atomic E-state index is 0.230. The molecule has 1 saturated carbocycles. The summed E-state index contributed by atoms with van der Waals surface area (Å²) in [6.07, 6.45) is 5.24. The molecule has 2 bridgehead atoms. The van der Waals surface area contributed by atoms with Crippen molar-refractivity contribution in [3.8, 4) is 0 Å². The van der Waals surface area contributed by atoms with Gasteiger partial charge in [0.05, 0.1) is 12.2 Å². The van der Waals surface area contributed by atoms with Gasteiger partial charge in [0.1, 0.15) is 0 Å². The predicted octanol–water partition coefficient (Wildman–Crippen LogP) is 1.95. The van der Waals surface area contributed by atoms with Gasteiger partial charge in [-0.15, -0.1) is 0 Å². The zero-order chi connectivity index (χ0) is 9.36. The SMILES string of the molecule is CCNCC12CCC(C)(CC1)OC2. The first kappa shape index (κ1) is 9.47. The molecule has 0 amide bonds. The fourth-order valence-electron chi connectivity index (χ4n) is 2.54. The van der Waals surface area contributed by atoms with Gasteiger partial charge in [0, 0.05) is 12.0 Å². The molecule has 3 rings (SSSR count). The Hall–Kier alpha value is -0.0800. The predicted molar refractivity (Wildman–Crippen MR) is 53.8 cm³/mol. The Morgan fingerprint density at radius 2 is 1.92 bits per heavy atom. The third-order valence-electron chi connectivity index (χ3n) is 3.85. The van der Waals surface area contributed by atoms with E-state index < -0.39 is 0 Å². The summed E-state index contributed by atoms with van der Waals surface area (Å²) < 4.78 is 5.92. The Balaban J connectivity index is 1.95. The maximum atomic E-state index is 5.92. The van der Waals surface area contributed by atoms with Gasteiger partial charge < -0.3 is 10.1 Å². The lowest BCUT2D eigenvalue weighted by molar-refractivity contribution is -0.172. The van der Waals surface area contributed by atoms with Gasteiger partial charge in [-0.3, -0.25) is 0 Å². The summed E-state index contributed by atoms with van der Waals surface area (Å²) in [6, 6.07) is 0. The molecule has 0 spiro atoms. The Bertz CT molecular complexity index is 160. The van der Waals surface area contributed by atoms with E-state index in [-0.39, 0.29) is 5.60 Å². The molecule has 2 heteroatoms. The van der Waals surface area contributed by atoms with E-state index in [1.807, 2.05) is 0 Å². The van der Waals surface area contributed by atoms with Crippen LogP contribution in [0.15, 0.2) is 0 Å². The molecule has 0 radical (unpaired) electrons. The molecule has 1 aliphatic carbocycles. The number of hydrogen-bond donors (Lipinski definition) is 1. The van der Waals surface area contributed by atoms with Gasteiger partial charge in [-0.1, -0.05) is 6.92 Å². The number of nitrogens with one attached hydrogen (secondary N) is 1. The molecule has 0 atom stereocenters. The van der Waals surface area contributed by atoms with Gasteiger partial charge in [-0.25, -0.2) is 0 Å². The van der Waals surface area contributed by atoms with E-state index in [1.165, 1.54) is 25.7 Å². The number of rotatable bonds is 3. The second kappa shape index (κ2) is 3.25. The minimum Gasteiger partial charge on any atom is -0.375 e. The van der Waals surface area contributed by atoms with Crippen molar-refractivity contribution in [1.29, 1.82) is 0 Å². The maximum Gasteiger partial charge on any atom is 0.0655 e. The second-order valence-corrected chi connectivity index (χ2v) is 5.02. The number of ether oxygens (including phenoxy) is 1. The van der Waals surface area contributed by atoms with Crippen LogP contribution >= 0.6 is 0 Å². The van der Waals surface area contributed by atoms with Crippen molar-refractivity contribution in [3.63, 3.8) is 0 Å². The summed E-state index contributed by atoms with van der Waals surface area (Å²) in [4.78, 5) is 0. The molecule has 0 unspecified atom stereocenters. The van der Waals surface area contributed by atoms with E-state index in [9.17, 15) is 0 Å². The van der Waals surface area contributed by atoms with Gasteiger partial charge in [-0.05, 0) is 39.2 Å². The van der Waals surface area contributed by atoms with Gasteiger partial charge in [0.25, 0.3) is 0 Å². The first-order chi connectivity index (χ1) is 6.18. The molecule has 3 fully saturated rings. The summed E-state index contributed by atoms with van der Waals surface area (Å²) >= 11 is 0. The normalized spacial score (nSPS) is 43.8. The van der Waals surface area contributed by atoms with Crippen LogP contribution in [0, 0.1) is 5.41 Å². The molecular weight excluding hydrogens is 162 g/mol. The van der Waals surface area contributed by atoms with E-state index in [0.717, 1.165) is 19.7 Å². The molecule has 0 aromatic carbocycles. The van der Waals surface area contributed by atoms with E-state index in [2.05, 4.69) is 19.2 Å². The molecule has 2 heterocycles. The highest BCUT2D eigenvalue weighted by molar-refractivity contribution is 4.97. The zero-order valence-electron chi connectivity index (χ0n) is 8.86. The number of hydrogen-bond acceptors (Lipinski definition) is 2. The Morgan fingerprint density at radius 1 is 1.23 bits per heavy atom. The van der Waals surface area contributed by atoms with Crippen molar-refractivity contribution < 1.29 is 4.74 Å². The van der Waals surface area contributed by atoms with E-state index in [4.69, 9.17) is 4.74 Å². The van der Waals surface area contributed by atoms with Crippen LogP contribution in [-0.4, -0.2) is 25.3 Å². The topological polar surface area (TPSA) is 21.3 Å². The molecule has 2 nitrogen and oxygen atoms in total. The molecule has 2 aliphatic heterocycles. The first-order valence-electron chi connectivity index (χ1n) is 5.53. The van der Waals surface area contributed by atoms with Crippen molar-refractivity contribution in [3.05, 3.63) is 0 Å². The highest BCUT2D eigenvalue weighted by Gasteiger charge is 2.46. The summed E-state index contributed by atoms with van der Waals surface area (Å²) in [5.74, 6) is 0. The molecule has 1 N–H and O–H groups in total. The smallest absolute Gasteiger partial charge is 0.0655 e. The molecule has 13 heavy (non-hydrogen) atoms. The third kappa shape index (κ3) is 1.75. The van der Waals surface area contributed by atoms with Gasteiger partial charge in [-0.2, -0.15) is 0 Å². The Morgan fingerprint density at radius 3 is 2.38 bits per heavy atom. The van der Waals surface area contributed by atoms with Crippen molar-refractivity contribution in [2.75, 3.05) is 19.7 Å². The van der Waals surface area contributed by atoms with Crippen LogP contribution in [0.25, 0.3) is 0 Å². The molecule has 0 aromatic rings. The van der Waals surface area contributed by atoms with Crippen molar-refractivity contribution >= 4 is 0 Å². The molecule has 0 aromatic heterocycles. The van der Waals surface area contributed by atoms with Crippen LogP contribution in [0.2, 0.25) is 0 Å². The lowest BCUT2D eigenvalue weighted by Crippen LogP contribution is -2.53. The minimum atomic E-state index is 0.230. The first-order valence-corrected chi connectivity index (χ1v) is 5.53. The summed E-state index contributed by atoms with van der Waals surface area (Å²) in [7, 11) is 0. The van der Waals surface area contributed by atoms with Crippen LogP contribution in [0.4, 0.5) is 0 Å². The van der Waals surface area contributed by atoms with Crippen molar-refractivity contribution in [2.45, 2.75) is 45.1 Å². The molecule has 3 aliphatic rings. The van der Waals surface area contributed by atoms with Gasteiger partial charge in [0.15, 0.2) is 0 Å². The summed E-state index contributed by atoms with van der Waals surface area (Å²) in [5, 5.41) is 3.47. The summed E-state index contributed by atoms with van der Waals surface area (Å²) in [6.45, 7) is 7.66. The maximum absolute atomic E-state index is 5.92. The summed E-state index contributed by atoms with van der Waals surface area (Å²) in [5.41, 5.74) is 0.710. The average molecular weight is 183 g/mol. The van der Waals surface area contributed by atoms with Crippen LogP contribution in [0.3, 0.4) is 0 Å². The van der Waals surface area contributed by atoms with Crippen LogP contribution in [0.1, 0.15) is 39.5 Å². The lowest BCUT2D eigenvalue weighted by atomic mass is 9.66. The lowest BCUT2D eigenvalue weighted by Gasteiger charge is -2.52. The fourth-order valence-corrected chi connectivity index (χ4v) is 2.54. The second-order valence-electron chi connectivity index (χ2n) is 5.02. The highest BCUT2D eigenvalue weighted by atomic mass is 16.5. The highest BCUT2D eigenvalue weighted by Crippen LogP contribution is 2.48. The quantitative estimate of drug-likeness (QED) is 0.722. The zero-order valence-corrected chi connectivity index (χ0v) is 8.86. The molecule has 2 saturated heterocycles. The van der Waals surface area contributed by atoms with Crippen LogP contribution < -0.4 is 5.32 Å². The standard InChI is InChI=1S/C11H21NO/c1-3-12-8-11-6-4-10(2,5-7-11)13-9-11/h12H,3-9H2,1-2H3.